The maximum atomic E-state index is 13.6. The molecule has 2 aromatic carbocycles. The second-order valence-corrected chi connectivity index (χ2v) is 11.1. The fourth-order valence-corrected chi connectivity index (χ4v) is 5.47. The lowest BCUT2D eigenvalue weighted by Crippen LogP contribution is -2.49. The van der Waals surface area contributed by atoms with E-state index in [2.05, 4.69) is 18.7 Å². The van der Waals surface area contributed by atoms with E-state index >= 15 is 0 Å². The van der Waals surface area contributed by atoms with Crippen molar-refractivity contribution in [1.29, 1.82) is 0 Å². The van der Waals surface area contributed by atoms with Crippen LogP contribution in [0.1, 0.15) is 31.8 Å². The third-order valence-corrected chi connectivity index (χ3v) is 7.78. The van der Waals surface area contributed by atoms with Crippen LogP contribution in [0.3, 0.4) is 0 Å². The van der Waals surface area contributed by atoms with Crippen LogP contribution in [0, 0.1) is 18.7 Å². The number of halogens is 1. The van der Waals surface area contributed by atoms with Crippen LogP contribution in [0.5, 0.6) is 0 Å². The first-order chi connectivity index (χ1) is 18.4. The fourth-order valence-electron chi connectivity index (χ4n) is 4.65. The highest BCUT2D eigenvalue weighted by molar-refractivity contribution is 8.00. The Morgan fingerprint density at radius 1 is 1.00 bits per heavy atom. The molecule has 1 saturated heterocycles. The van der Waals surface area contributed by atoms with Crippen LogP contribution in [-0.4, -0.2) is 62.5 Å². The lowest BCUT2D eigenvalue weighted by Gasteiger charge is -2.35. The molecule has 0 aliphatic carbocycles. The zero-order valence-corrected chi connectivity index (χ0v) is 22.9. The molecule has 3 heterocycles. The second-order valence-electron chi connectivity index (χ2n) is 10.0. The van der Waals surface area contributed by atoms with E-state index in [-0.39, 0.29) is 11.7 Å². The number of aromatic nitrogens is 4. The number of thioether (sulfide) groups is 1. The number of anilines is 1. The summed E-state index contributed by atoms with van der Waals surface area (Å²) in [5.41, 5.74) is 2.32. The molecule has 0 bridgehead atoms. The number of carbonyl (C=O) groups excluding carboxylic acids is 1. The molecule has 38 heavy (non-hydrogen) atoms. The van der Waals surface area contributed by atoms with Crippen molar-refractivity contribution in [1.82, 2.24) is 24.6 Å². The van der Waals surface area contributed by atoms with Crippen molar-refractivity contribution in [3.05, 3.63) is 71.9 Å². The van der Waals surface area contributed by atoms with E-state index in [0.29, 0.717) is 37.8 Å². The van der Waals surface area contributed by atoms with Gasteiger partial charge in [-0.05, 0) is 55.7 Å². The summed E-state index contributed by atoms with van der Waals surface area (Å²) >= 11 is 1.57. The molecule has 0 spiro atoms. The molecule has 0 unspecified atom stereocenters. The molecular weight excluding hydrogens is 499 g/mol. The van der Waals surface area contributed by atoms with Gasteiger partial charge in [-0.2, -0.15) is 5.10 Å². The smallest absolute Gasteiger partial charge is 0.233 e. The van der Waals surface area contributed by atoms with E-state index in [1.807, 2.05) is 42.2 Å². The summed E-state index contributed by atoms with van der Waals surface area (Å²) < 4.78 is 15.4. The van der Waals surface area contributed by atoms with Crippen molar-refractivity contribution < 1.29 is 9.18 Å². The number of benzene rings is 2. The van der Waals surface area contributed by atoms with Gasteiger partial charge in [0, 0.05) is 37.5 Å². The van der Waals surface area contributed by atoms with Crippen molar-refractivity contribution in [2.75, 3.05) is 36.8 Å². The van der Waals surface area contributed by atoms with Crippen LogP contribution < -0.4 is 4.90 Å². The normalized spacial score (nSPS) is 14.0. The summed E-state index contributed by atoms with van der Waals surface area (Å²) in [6.45, 7) is 9.02. The molecular formula is C29H33FN6OS. The molecule has 4 aromatic rings. The first-order valence-corrected chi connectivity index (χ1v) is 14.1. The minimum atomic E-state index is -0.288. The molecule has 0 N–H and O–H groups in total. The Kier molecular flexibility index (Phi) is 7.93. The van der Waals surface area contributed by atoms with Crippen molar-refractivity contribution in [2.45, 2.75) is 38.5 Å². The number of amides is 1. The molecule has 1 amide bonds. The topological polar surface area (TPSA) is 67.2 Å². The highest BCUT2D eigenvalue weighted by atomic mass is 32.2. The van der Waals surface area contributed by atoms with Gasteiger partial charge >= 0.3 is 0 Å². The lowest BCUT2D eigenvalue weighted by molar-refractivity contribution is -0.128. The third kappa shape index (κ3) is 5.83. The SMILES string of the molecule is Cc1nn(-c2ccc(F)cc2)c2nc(CCC(C)C)nc(N3CCN(C(=O)CSc4ccccc4)CC3)c12. The number of hydrogen-bond donors (Lipinski definition) is 0. The predicted molar refractivity (Wildman–Crippen MR) is 150 cm³/mol. The van der Waals surface area contributed by atoms with Gasteiger partial charge in [0.05, 0.1) is 22.5 Å². The molecule has 2 aromatic heterocycles. The third-order valence-electron chi connectivity index (χ3n) is 6.78. The van der Waals surface area contributed by atoms with Gasteiger partial charge in [0.1, 0.15) is 17.5 Å². The molecule has 9 heteroatoms. The van der Waals surface area contributed by atoms with Gasteiger partial charge in [0.25, 0.3) is 0 Å². The van der Waals surface area contributed by atoms with Gasteiger partial charge in [-0.15, -0.1) is 11.8 Å². The van der Waals surface area contributed by atoms with Crippen LogP contribution >= 0.6 is 11.8 Å². The number of aryl methyl sites for hydroxylation is 2. The lowest BCUT2D eigenvalue weighted by atomic mass is 10.1. The maximum absolute atomic E-state index is 13.6. The molecule has 0 radical (unpaired) electrons. The van der Waals surface area contributed by atoms with Crippen molar-refractivity contribution in [2.24, 2.45) is 5.92 Å². The molecule has 1 aliphatic rings. The van der Waals surface area contributed by atoms with Gasteiger partial charge in [0.15, 0.2) is 5.65 Å². The van der Waals surface area contributed by atoms with Gasteiger partial charge < -0.3 is 9.80 Å². The van der Waals surface area contributed by atoms with E-state index in [4.69, 9.17) is 15.1 Å². The van der Waals surface area contributed by atoms with Gasteiger partial charge in [0.2, 0.25) is 5.91 Å². The van der Waals surface area contributed by atoms with Crippen molar-refractivity contribution in [3.8, 4) is 5.69 Å². The molecule has 0 atom stereocenters. The molecule has 198 valence electrons. The summed E-state index contributed by atoms with van der Waals surface area (Å²) in [5.74, 6) is 2.48. The second kappa shape index (κ2) is 11.5. The van der Waals surface area contributed by atoms with Crippen molar-refractivity contribution in [3.63, 3.8) is 0 Å². The fraction of sp³-hybridized carbons (Fsp3) is 0.379. The largest absolute Gasteiger partial charge is 0.352 e. The molecule has 5 rings (SSSR count). The zero-order chi connectivity index (χ0) is 26.6. The van der Waals surface area contributed by atoms with Crippen molar-refractivity contribution >= 4 is 34.5 Å². The van der Waals surface area contributed by atoms with Gasteiger partial charge in [-0.25, -0.2) is 19.0 Å². The Bertz CT molecular complexity index is 1400. The average Bonchev–Trinajstić information content (AvgIpc) is 3.27. The molecule has 0 saturated carbocycles. The highest BCUT2D eigenvalue weighted by Gasteiger charge is 2.26. The minimum absolute atomic E-state index is 0.157. The van der Waals surface area contributed by atoms with Crippen LogP contribution in [0.15, 0.2) is 59.5 Å². The number of rotatable bonds is 8. The number of fused-ring (bicyclic) bond motifs is 1. The predicted octanol–water partition coefficient (Wildman–Crippen LogP) is 5.29. The number of nitrogens with zero attached hydrogens (tertiary/aromatic N) is 6. The Labute approximate surface area is 227 Å². The van der Waals surface area contributed by atoms with E-state index in [1.54, 1.807) is 28.6 Å². The monoisotopic (exact) mass is 532 g/mol. The summed E-state index contributed by atoms with van der Waals surface area (Å²) in [6, 6.07) is 16.3. The Morgan fingerprint density at radius 3 is 2.39 bits per heavy atom. The first-order valence-electron chi connectivity index (χ1n) is 13.1. The highest BCUT2D eigenvalue weighted by Crippen LogP contribution is 2.30. The molecule has 1 aliphatic heterocycles. The van der Waals surface area contributed by atoms with E-state index in [9.17, 15) is 9.18 Å². The van der Waals surface area contributed by atoms with E-state index in [1.165, 1.54) is 12.1 Å². The zero-order valence-electron chi connectivity index (χ0n) is 22.1. The van der Waals surface area contributed by atoms with E-state index in [0.717, 1.165) is 51.8 Å². The average molecular weight is 533 g/mol. The summed E-state index contributed by atoms with van der Waals surface area (Å²) in [4.78, 5) is 28.1. The standard InChI is InChI=1S/C29H33FN6OS/c1-20(2)9-14-25-31-28(27-21(3)33-36(29(27)32-25)23-12-10-22(30)11-13-23)35-17-15-34(16-18-35)26(37)19-38-24-7-5-4-6-8-24/h4-8,10-13,20H,9,14-19H2,1-3H3. The number of piperazine rings is 1. The Morgan fingerprint density at radius 2 is 1.71 bits per heavy atom. The van der Waals surface area contributed by atoms with Gasteiger partial charge in [-0.3, -0.25) is 4.79 Å². The molecule has 1 fully saturated rings. The Hall–Kier alpha value is -3.46. The van der Waals surface area contributed by atoms with Crippen LogP contribution in [-0.2, 0) is 11.2 Å². The number of hydrogen-bond acceptors (Lipinski definition) is 6. The summed E-state index contributed by atoms with van der Waals surface area (Å²) in [5, 5.41) is 5.68. The minimum Gasteiger partial charge on any atom is -0.352 e. The van der Waals surface area contributed by atoms with Crippen LogP contribution in [0.2, 0.25) is 0 Å². The van der Waals surface area contributed by atoms with E-state index < -0.39 is 0 Å². The summed E-state index contributed by atoms with van der Waals surface area (Å²) in [7, 11) is 0. The molecule has 7 nitrogen and oxygen atoms in total. The van der Waals surface area contributed by atoms with Gasteiger partial charge in [-0.1, -0.05) is 32.0 Å². The number of carbonyl (C=O) groups is 1. The summed E-state index contributed by atoms with van der Waals surface area (Å²) in [6.07, 6.45) is 1.75. The van der Waals surface area contributed by atoms with Crippen LogP contribution in [0.4, 0.5) is 10.2 Å². The van der Waals surface area contributed by atoms with Crippen LogP contribution in [0.25, 0.3) is 16.7 Å². The Balaban J connectivity index is 1.39. The first kappa shape index (κ1) is 26.2. The maximum Gasteiger partial charge on any atom is 0.233 e. The quantitative estimate of drug-likeness (QED) is 0.287.